The Balaban J connectivity index is 1.57. The average Bonchev–Trinajstić information content (AvgIpc) is 2.68. The molecule has 1 aliphatic rings. The smallest absolute Gasteiger partial charge is 0.368 e. The van der Waals surface area contributed by atoms with E-state index in [4.69, 9.17) is 0 Å². The molecule has 0 spiro atoms. The van der Waals surface area contributed by atoms with E-state index in [2.05, 4.69) is 12.2 Å². The monoisotopic (exact) mass is 377 g/mol. The van der Waals surface area contributed by atoms with Gasteiger partial charge in [0.1, 0.15) is 0 Å². The summed E-state index contributed by atoms with van der Waals surface area (Å²) in [7, 11) is 0. The van der Waals surface area contributed by atoms with Crippen LogP contribution in [0.15, 0.2) is 48.5 Å². The number of halogens is 3. The second-order valence-corrected chi connectivity index (χ2v) is 6.50. The molecule has 0 unspecified atom stereocenters. The summed E-state index contributed by atoms with van der Waals surface area (Å²) in [6.45, 7) is 3.95. The lowest BCUT2D eigenvalue weighted by atomic mass is 10.1. The minimum atomic E-state index is -4.36. The Morgan fingerprint density at radius 3 is 2.30 bits per heavy atom. The van der Waals surface area contributed by atoms with Crippen molar-refractivity contribution in [3.8, 4) is 0 Å². The molecule has 0 atom stereocenters. The molecule has 27 heavy (non-hydrogen) atoms. The number of rotatable bonds is 3. The average molecular weight is 377 g/mol. The van der Waals surface area contributed by atoms with Gasteiger partial charge in [0.2, 0.25) is 0 Å². The fraction of sp³-hybridized carbons (Fsp3) is 0.350. The van der Waals surface area contributed by atoms with Gasteiger partial charge in [-0.15, -0.1) is 0 Å². The minimum Gasteiger partial charge on any atom is -0.368 e. The number of carbonyl (C=O) groups excluding carboxylic acids is 1. The van der Waals surface area contributed by atoms with Crippen LogP contribution >= 0.6 is 0 Å². The van der Waals surface area contributed by atoms with Crippen molar-refractivity contribution in [3.63, 3.8) is 0 Å². The second kappa shape index (κ2) is 7.90. The first-order chi connectivity index (χ1) is 12.9. The van der Waals surface area contributed by atoms with Gasteiger partial charge in [0.05, 0.1) is 5.56 Å². The van der Waals surface area contributed by atoms with E-state index < -0.39 is 11.7 Å². The number of amides is 2. The number of aryl methyl sites for hydroxylation is 1. The van der Waals surface area contributed by atoms with Crippen molar-refractivity contribution in [2.45, 2.75) is 19.5 Å². The summed E-state index contributed by atoms with van der Waals surface area (Å²) in [6, 6.07) is 12.8. The van der Waals surface area contributed by atoms with Gasteiger partial charge in [0, 0.05) is 37.6 Å². The fourth-order valence-corrected chi connectivity index (χ4v) is 3.07. The summed E-state index contributed by atoms with van der Waals surface area (Å²) >= 11 is 0. The Bertz CT molecular complexity index is 782. The Labute approximate surface area is 156 Å². The highest BCUT2D eigenvalue weighted by molar-refractivity contribution is 5.89. The highest BCUT2D eigenvalue weighted by Crippen LogP contribution is 2.31. The zero-order valence-electron chi connectivity index (χ0n) is 15.1. The Morgan fingerprint density at radius 2 is 1.70 bits per heavy atom. The van der Waals surface area contributed by atoms with Gasteiger partial charge in [-0.1, -0.05) is 25.1 Å². The topological polar surface area (TPSA) is 35.6 Å². The second-order valence-electron chi connectivity index (χ2n) is 6.50. The summed E-state index contributed by atoms with van der Waals surface area (Å²) in [5.41, 5.74) is 1.80. The van der Waals surface area contributed by atoms with Crippen molar-refractivity contribution >= 4 is 17.4 Å². The zero-order chi connectivity index (χ0) is 19.4. The largest absolute Gasteiger partial charge is 0.416 e. The van der Waals surface area contributed by atoms with Crippen molar-refractivity contribution < 1.29 is 18.0 Å². The number of urea groups is 1. The van der Waals surface area contributed by atoms with Crippen LogP contribution in [0.4, 0.5) is 29.3 Å². The van der Waals surface area contributed by atoms with E-state index in [-0.39, 0.29) is 6.03 Å². The predicted octanol–water partition coefficient (Wildman–Crippen LogP) is 4.62. The van der Waals surface area contributed by atoms with Gasteiger partial charge in [-0.2, -0.15) is 13.2 Å². The van der Waals surface area contributed by atoms with E-state index in [1.807, 2.05) is 29.2 Å². The highest BCUT2D eigenvalue weighted by Gasteiger charge is 2.31. The molecular formula is C20H22F3N3O. The van der Waals surface area contributed by atoms with Gasteiger partial charge in [0.25, 0.3) is 0 Å². The molecule has 3 rings (SSSR count). The molecule has 2 aromatic rings. The number of nitrogens with zero attached hydrogens (tertiary/aromatic N) is 2. The molecule has 144 valence electrons. The Hall–Kier alpha value is -2.70. The standard InChI is InChI=1S/C20H22F3N3O/c1-2-15-6-8-17(9-7-15)24-19(27)26-12-10-25(11-13-26)18-5-3-4-16(14-18)20(21,22)23/h3-9,14H,2,10-13H2,1H3,(H,24,27). The van der Waals surface area contributed by atoms with Crippen LogP contribution in [0.25, 0.3) is 0 Å². The van der Waals surface area contributed by atoms with Gasteiger partial charge in [-0.3, -0.25) is 0 Å². The molecule has 0 radical (unpaired) electrons. The molecule has 1 fully saturated rings. The molecule has 1 aliphatic heterocycles. The van der Waals surface area contributed by atoms with Crippen LogP contribution in [0.1, 0.15) is 18.1 Å². The maximum atomic E-state index is 12.9. The van der Waals surface area contributed by atoms with Crippen LogP contribution in [-0.4, -0.2) is 37.1 Å². The van der Waals surface area contributed by atoms with Crippen molar-refractivity contribution in [2.75, 3.05) is 36.4 Å². The molecule has 0 aromatic heterocycles. The fourth-order valence-electron chi connectivity index (χ4n) is 3.07. The third-order valence-electron chi connectivity index (χ3n) is 4.72. The summed E-state index contributed by atoms with van der Waals surface area (Å²) in [6.07, 6.45) is -3.42. The molecule has 2 aromatic carbocycles. The molecule has 0 saturated carbocycles. The van der Waals surface area contributed by atoms with Gasteiger partial charge in [-0.05, 0) is 42.3 Å². The zero-order valence-corrected chi connectivity index (χ0v) is 15.1. The van der Waals surface area contributed by atoms with E-state index in [9.17, 15) is 18.0 Å². The molecule has 1 saturated heterocycles. The van der Waals surface area contributed by atoms with Crippen molar-refractivity contribution in [2.24, 2.45) is 0 Å². The van der Waals surface area contributed by atoms with Gasteiger partial charge in [-0.25, -0.2) is 4.79 Å². The molecule has 4 nitrogen and oxygen atoms in total. The van der Waals surface area contributed by atoms with Crippen molar-refractivity contribution in [3.05, 3.63) is 59.7 Å². The van der Waals surface area contributed by atoms with Crippen molar-refractivity contribution in [1.82, 2.24) is 4.90 Å². The Kier molecular flexibility index (Phi) is 5.58. The molecular weight excluding hydrogens is 355 g/mol. The van der Waals surface area contributed by atoms with E-state index in [0.717, 1.165) is 24.2 Å². The lowest BCUT2D eigenvalue weighted by Crippen LogP contribution is -2.50. The van der Waals surface area contributed by atoms with Crippen LogP contribution < -0.4 is 10.2 Å². The molecule has 0 aliphatic carbocycles. The number of carbonyl (C=O) groups is 1. The molecule has 1 N–H and O–H groups in total. The maximum absolute atomic E-state index is 12.9. The van der Waals surface area contributed by atoms with Crippen LogP contribution in [-0.2, 0) is 12.6 Å². The molecule has 0 bridgehead atoms. The number of piperazine rings is 1. The number of anilines is 2. The maximum Gasteiger partial charge on any atom is 0.416 e. The van der Waals surface area contributed by atoms with Crippen LogP contribution in [0.2, 0.25) is 0 Å². The Morgan fingerprint density at radius 1 is 1.04 bits per heavy atom. The quantitative estimate of drug-likeness (QED) is 0.847. The first-order valence-electron chi connectivity index (χ1n) is 8.94. The van der Waals surface area contributed by atoms with E-state index in [1.165, 1.54) is 11.6 Å². The van der Waals surface area contributed by atoms with Crippen LogP contribution in [0.3, 0.4) is 0 Å². The van der Waals surface area contributed by atoms with E-state index >= 15 is 0 Å². The third kappa shape index (κ3) is 4.72. The number of hydrogen-bond acceptors (Lipinski definition) is 2. The minimum absolute atomic E-state index is 0.192. The molecule has 7 heteroatoms. The van der Waals surface area contributed by atoms with Gasteiger partial charge in [0.15, 0.2) is 0 Å². The summed E-state index contributed by atoms with van der Waals surface area (Å²) in [5.74, 6) is 0. The van der Waals surface area contributed by atoms with Gasteiger partial charge < -0.3 is 15.1 Å². The SMILES string of the molecule is CCc1ccc(NC(=O)N2CCN(c3cccc(C(F)(F)F)c3)CC2)cc1. The third-order valence-corrected chi connectivity index (χ3v) is 4.72. The first kappa shape index (κ1) is 19.1. The molecule has 2 amide bonds. The van der Waals surface area contributed by atoms with Crippen LogP contribution in [0.5, 0.6) is 0 Å². The van der Waals surface area contributed by atoms with Gasteiger partial charge >= 0.3 is 12.2 Å². The molecule has 1 heterocycles. The summed E-state index contributed by atoms with van der Waals surface area (Å²) in [4.78, 5) is 15.9. The normalized spacial score (nSPS) is 15.0. The van der Waals surface area contributed by atoms with Crippen molar-refractivity contribution in [1.29, 1.82) is 0 Å². The lowest BCUT2D eigenvalue weighted by molar-refractivity contribution is -0.137. The summed E-state index contributed by atoms with van der Waals surface area (Å²) in [5, 5.41) is 2.87. The summed E-state index contributed by atoms with van der Waals surface area (Å²) < 4.78 is 38.6. The first-order valence-corrected chi connectivity index (χ1v) is 8.94. The van der Waals surface area contributed by atoms with E-state index in [0.29, 0.717) is 31.9 Å². The number of alkyl halides is 3. The number of hydrogen-bond donors (Lipinski definition) is 1. The highest BCUT2D eigenvalue weighted by atomic mass is 19.4. The predicted molar refractivity (Wildman–Crippen MR) is 100 cm³/mol. The van der Waals surface area contributed by atoms with Crippen LogP contribution in [0, 0.1) is 0 Å². The lowest BCUT2D eigenvalue weighted by Gasteiger charge is -2.36. The van der Waals surface area contributed by atoms with E-state index in [1.54, 1.807) is 11.0 Å². The number of benzene rings is 2. The number of nitrogens with one attached hydrogen (secondary N) is 1.